The summed E-state index contributed by atoms with van der Waals surface area (Å²) in [5.41, 5.74) is 1.06. The molecular weight excluding hydrogens is 460 g/mol. The average Bonchev–Trinajstić information content (AvgIpc) is 3.22. The largest absolute Gasteiger partial charge is 0.392 e. The predicted octanol–water partition coefficient (Wildman–Crippen LogP) is 4.92. The number of fused-ring (bicyclic) bond motifs is 1. The monoisotopic (exact) mass is 504 g/mol. The lowest BCUT2D eigenvalue weighted by molar-refractivity contribution is -0.143. The zero-order valence-corrected chi connectivity index (χ0v) is 23.2. The maximum atomic E-state index is 13.3. The van der Waals surface area contributed by atoms with Gasteiger partial charge in [-0.2, -0.15) is 0 Å². The van der Waals surface area contributed by atoms with Crippen LogP contribution in [0.25, 0.3) is 6.08 Å². The summed E-state index contributed by atoms with van der Waals surface area (Å²) in [7, 11) is 0. The van der Waals surface area contributed by atoms with Crippen LogP contribution in [0.1, 0.15) is 90.8 Å². The van der Waals surface area contributed by atoms with E-state index in [9.17, 15) is 19.8 Å². The first kappa shape index (κ1) is 28.0. The number of aryl methyl sites for hydroxylation is 1. The topological polar surface area (TPSA) is 99.5 Å². The first-order valence-electron chi connectivity index (χ1n) is 13.0. The third-order valence-corrected chi connectivity index (χ3v) is 9.51. The summed E-state index contributed by atoms with van der Waals surface area (Å²) >= 11 is 1.60. The molecule has 1 aromatic rings. The molecule has 6 nitrogen and oxygen atoms in total. The first-order valence-corrected chi connectivity index (χ1v) is 13.9. The molecule has 2 aliphatic rings. The van der Waals surface area contributed by atoms with E-state index in [4.69, 9.17) is 0 Å². The number of rotatable bonds is 2. The Morgan fingerprint density at radius 1 is 1.23 bits per heavy atom. The van der Waals surface area contributed by atoms with Crippen molar-refractivity contribution in [2.75, 3.05) is 0 Å². The van der Waals surface area contributed by atoms with E-state index >= 15 is 0 Å². The second-order valence-electron chi connectivity index (χ2n) is 12.0. The standard InChI is InChI=1S/C28H44N2O4S/c1-16-9-8-10-28(7)14-20(28)12-22(17(2)11-21-15-35-19(4)29-21)30-24(32)13-23(31)27(5,6)26(34)18(3)25(16)33/h11,15-16,18,20,22-23,25,31,33H,8-10,12-14H2,1-7H3,(H,30,32)/b17-11+/t16-,18+,20+,22-,23-,25-,28-/m0/s1. The highest BCUT2D eigenvalue weighted by atomic mass is 32.1. The lowest BCUT2D eigenvalue weighted by Gasteiger charge is -2.35. The van der Waals surface area contributed by atoms with Crippen molar-refractivity contribution in [2.24, 2.45) is 28.6 Å². The molecule has 1 aliphatic carbocycles. The van der Waals surface area contributed by atoms with Crippen LogP contribution in [0, 0.1) is 35.5 Å². The summed E-state index contributed by atoms with van der Waals surface area (Å²) in [6.07, 6.45) is 4.92. The maximum absolute atomic E-state index is 13.3. The number of aliphatic hydroxyl groups is 2. The number of carbonyl (C=O) groups is 2. The van der Waals surface area contributed by atoms with Crippen molar-refractivity contribution in [3.63, 3.8) is 0 Å². The first-order chi connectivity index (χ1) is 16.2. The van der Waals surface area contributed by atoms with Crippen molar-refractivity contribution < 1.29 is 19.8 Å². The predicted molar refractivity (Wildman–Crippen MR) is 141 cm³/mol. The number of aliphatic hydroxyl groups excluding tert-OH is 2. The molecule has 0 unspecified atom stereocenters. The fraction of sp³-hybridized carbons (Fsp3) is 0.750. The lowest BCUT2D eigenvalue weighted by atomic mass is 9.72. The molecule has 3 rings (SSSR count). The van der Waals surface area contributed by atoms with Gasteiger partial charge in [-0.15, -0.1) is 11.3 Å². The minimum atomic E-state index is -1.14. The number of hydrogen-bond acceptors (Lipinski definition) is 6. The van der Waals surface area contributed by atoms with E-state index in [1.807, 2.05) is 32.2 Å². The second kappa shape index (κ2) is 10.8. The van der Waals surface area contributed by atoms with E-state index < -0.39 is 23.5 Å². The molecule has 0 bridgehead atoms. The van der Waals surface area contributed by atoms with Gasteiger partial charge in [0.1, 0.15) is 5.78 Å². The van der Waals surface area contributed by atoms with Crippen LogP contribution in [-0.4, -0.2) is 45.1 Å². The molecule has 2 heterocycles. The summed E-state index contributed by atoms with van der Waals surface area (Å²) in [5, 5.41) is 28.0. The van der Waals surface area contributed by atoms with Gasteiger partial charge in [-0.1, -0.05) is 41.0 Å². The second-order valence-corrected chi connectivity index (χ2v) is 13.1. The van der Waals surface area contributed by atoms with Gasteiger partial charge in [-0.25, -0.2) is 4.98 Å². The summed E-state index contributed by atoms with van der Waals surface area (Å²) in [6, 6.07) is -0.144. The van der Waals surface area contributed by atoms with Crippen LogP contribution >= 0.6 is 11.3 Å². The Morgan fingerprint density at radius 2 is 1.91 bits per heavy atom. The quantitative estimate of drug-likeness (QED) is 0.531. The molecule has 0 radical (unpaired) electrons. The Kier molecular flexibility index (Phi) is 8.65. The number of amides is 1. The van der Waals surface area contributed by atoms with Crippen LogP contribution in [0.3, 0.4) is 0 Å². The number of nitrogens with zero attached hydrogens (tertiary/aromatic N) is 1. The molecule has 0 aromatic carbocycles. The molecular formula is C28H44N2O4S. The number of thiazole rings is 1. The Bertz CT molecular complexity index is 955. The summed E-state index contributed by atoms with van der Waals surface area (Å²) in [5.74, 6) is -0.553. The summed E-state index contributed by atoms with van der Waals surface area (Å²) < 4.78 is 0. The van der Waals surface area contributed by atoms with Gasteiger partial charge in [0.2, 0.25) is 5.91 Å². The number of aromatic nitrogens is 1. The molecule has 0 spiro atoms. The minimum absolute atomic E-state index is 0.00149. The van der Waals surface area contributed by atoms with Gasteiger partial charge >= 0.3 is 0 Å². The van der Waals surface area contributed by atoms with E-state index in [0.29, 0.717) is 5.92 Å². The molecule has 7 atom stereocenters. The molecule has 1 saturated carbocycles. The summed E-state index contributed by atoms with van der Waals surface area (Å²) in [4.78, 5) is 30.9. The zero-order valence-electron chi connectivity index (χ0n) is 22.4. The lowest BCUT2D eigenvalue weighted by Crippen LogP contribution is -2.47. The molecule has 35 heavy (non-hydrogen) atoms. The molecule has 1 aliphatic heterocycles. The van der Waals surface area contributed by atoms with E-state index in [1.165, 1.54) is 0 Å². The highest BCUT2D eigenvalue weighted by molar-refractivity contribution is 7.09. The van der Waals surface area contributed by atoms with E-state index in [2.05, 4.69) is 17.2 Å². The van der Waals surface area contributed by atoms with Crippen LogP contribution in [-0.2, 0) is 9.59 Å². The van der Waals surface area contributed by atoms with E-state index in [-0.39, 0.29) is 35.5 Å². The van der Waals surface area contributed by atoms with Gasteiger partial charge in [0.05, 0.1) is 40.8 Å². The van der Waals surface area contributed by atoms with Crippen molar-refractivity contribution in [3.8, 4) is 0 Å². The minimum Gasteiger partial charge on any atom is -0.392 e. The SMILES string of the molecule is C/C(=C\c1csc(C)n1)[C@@H]1C[C@@H]2C[C@]2(C)CCC[C@H](C)[C@H](O)[C@@H](C)C(=O)C(C)(C)[C@@H](O)CC(=O)N1. The fourth-order valence-corrected chi connectivity index (χ4v) is 6.25. The number of nitrogens with one attached hydrogen (secondary N) is 1. The Labute approximate surface area is 214 Å². The van der Waals surface area contributed by atoms with Crippen molar-refractivity contribution in [1.82, 2.24) is 10.3 Å². The zero-order chi connectivity index (χ0) is 26.1. The number of hydrogen-bond donors (Lipinski definition) is 3. The highest BCUT2D eigenvalue weighted by Gasteiger charge is 2.50. The Morgan fingerprint density at radius 3 is 2.54 bits per heavy atom. The van der Waals surface area contributed by atoms with Gasteiger partial charge < -0.3 is 15.5 Å². The number of ketones is 1. The molecule has 3 N–H and O–H groups in total. The van der Waals surface area contributed by atoms with E-state index in [1.54, 1.807) is 32.1 Å². The maximum Gasteiger partial charge on any atom is 0.223 e. The van der Waals surface area contributed by atoms with Crippen molar-refractivity contribution in [2.45, 2.75) is 105 Å². The van der Waals surface area contributed by atoms with Crippen LogP contribution < -0.4 is 5.32 Å². The van der Waals surface area contributed by atoms with Gasteiger partial charge in [0.25, 0.3) is 0 Å². The molecule has 1 aromatic heterocycles. The fourth-order valence-electron chi connectivity index (χ4n) is 5.68. The van der Waals surface area contributed by atoms with Gasteiger partial charge in [-0.05, 0) is 68.4 Å². The van der Waals surface area contributed by atoms with Crippen molar-refractivity contribution >= 4 is 29.1 Å². The van der Waals surface area contributed by atoms with Gasteiger partial charge in [-0.3, -0.25) is 9.59 Å². The van der Waals surface area contributed by atoms with Gasteiger partial charge in [0, 0.05) is 11.3 Å². The van der Waals surface area contributed by atoms with Crippen LogP contribution in [0.2, 0.25) is 0 Å². The Balaban J connectivity index is 1.85. The molecule has 2 fully saturated rings. The van der Waals surface area contributed by atoms with Crippen molar-refractivity contribution in [3.05, 3.63) is 21.7 Å². The molecule has 196 valence electrons. The number of carbonyl (C=O) groups excluding carboxylic acids is 2. The smallest absolute Gasteiger partial charge is 0.223 e. The van der Waals surface area contributed by atoms with Crippen LogP contribution in [0.5, 0.6) is 0 Å². The van der Waals surface area contributed by atoms with Crippen LogP contribution in [0.15, 0.2) is 11.0 Å². The normalized spacial score (nSPS) is 37.5. The third kappa shape index (κ3) is 6.60. The van der Waals surface area contributed by atoms with Crippen LogP contribution in [0.4, 0.5) is 0 Å². The molecule has 1 saturated heterocycles. The third-order valence-electron chi connectivity index (χ3n) is 8.72. The highest BCUT2D eigenvalue weighted by Crippen LogP contribution is 2.58. The number of Topliss-reactive ketones (excluding diaryl/α,β-unsaturated/α-hetero) is 1. The van der Waals surface area contributed by atoms with E-state index in [0.717, 1.165) is 48.4 Å². The molecule has 7 heteroatoms. The summed E-state index contributed by atoms with van der Waals surface area (Å²) in [6.45, 7) is 13.4. The average molecular weight is 505 g/mol. The van der Waals surface area contributed by atoms with Crippen molar-refractivity contribution in [1.29, 1.82) is 0 Å². The molecule has 1 amide bonds. The Hall–Kier alpha value is -1.57. The van der Waals surface area contributed by atoms with Gasteiger partial charge in [0.15, 0.2) is 0 Å².